The third-order valence-electron chi connectivity index (χ3n) is 9.98. The Kier molecular flexibility index (Phi) is 10.0. The first-order valence-corrected chi connectivity index (χ1v) is 20.5. The number of carbonyl (C=O) groups is 1. The van der Waals surface area contributed by atoms with E-state index in [4.69, 9.17) is 11.6 Å². The highest BCUT2D eigenvalue weighted by molar-refractivity contribution is 9.10. The van der Waals surface area contributed by atoms with Crippen molar-refractivity contribution in [1.82, 2.24) is 34.4 Å². The van der Waals surface area contributed by atoms with Gasteiger partial charge in [-0.1, -0.05) is 27.5 Å². The molecule has 3 atom stereocenters. The molecule has 2 aliphatic carbocycles. The topological polar surface area (TPSA) is 146 Å². The molecule has 23 heteroatoms. The molecular weight excluding hydrogens is 908 g/mol. The molecule has 59 heavy (non-hydrogen) atoms. The van der Waals surface area contributed by atoms with Gasteiger partial charge in [0.15, 0.2) is 5.82 Å². The molecule has 1 amide bonds. The molecule has 6 aromatic rings. The second-order valence-corrected chi connectivity index (χ2v) is 17.2. The number of hydrogen-bond acceptors (Lipinski definition) is 7. The van der Waals surface area contributed by atoms with Gasteiger partial charge in [0.25, 0.3) is 24.3 Å². The minimum atomic E-state index is -4.10. The molecule has 3 aromatic carbocycles. The number of benzene rings is 3. The standard InChI is InChI=1S/C36H26BrClF8N8O4S/c1-59(57,58)51-33-28-21(38)4-5-24(30(28)52(50-33)12-25(41)42)54-34(48-22-9-15(37)2-3-18(22)35(54)56)23(8-14-6-16(39)10-17(40)7-14)47-26(55)13-53-31-27(29(49-53)32(43)44)19-11-20(19)36(31,45)46/h2-7,9-10,19-20,23,25,32H,8,11-13H2,1H3,(H,47,55)(H,50,51)/t19-,20?,23-/m0/s1. The van der Waals surface area contributed by atoms with Gasteiger partial charge < -0.3 is 5.32 Å². The lowest BCUT2D eigenvalue weighted by Crippen LogP contribution is -2.38. The number of anilines is 1. The summed E-state index contributed by atoms with van der Waals surface area (Å²) >= 11 is 9.81. The Morgan fingerprint density at radius 3 is 2.41 bits per heavy atom. The van der Waals surface area contributed by atoms with E-state index in [-0.39, 0.29) is 50.1 Å². The largest absolute Gasteiger partial charge is 0.344 e. The first-order valence-electron chi connectivity index (χ1n) is 17.4. The fraction of sp³-hybridized carbons (Fsp3) is 0.306. The zero-order chi connectivity index (χ0) is 42.5. The number of amides is 1. The summed E-state index contributed by atoms with van der Waals surface area (Å²) in [6.45, 7) is -2.19. The van der Waals surface area contributed by atoms with Crippen LogP contribution >= 0.6 is 27.5 Å². The predicted octanol–water partition coefficient (Wildman–Crippen LogP) is 7.51. The molecule has 12 nitrogen and oxygen atoms in total. The molecule has 3 heterocycles. The van der Waals surface area contributed by atoms with Crippen LogP contribution in [0.1, 0.15) is 53.1 Å². The lowest BCUT2D eigenvalue weighted by Gasteiger charge is -2.24. The van der Waals surface area contributed by atoms with E-state index >= 15 is 8.78 Å². The van der Waals surface area contributed by atoms with Crippen LogP contribution in [0.4, 0.5) is 40.9 Å². The van der Waals surface area contributed by atoms with E-state index in [2.05, 4.69) is 41.2 Å². The fourth-order valence-corrected chi connectivity index (χ4v) is 8.81. The average Bonchev–Trinajstić information content (AvgIpc) is 3.65. The minimum Gasteiger partial charge on any atom is -0.344 e. The number of rotatable bonds is 12. The van der Waals surface area contributed by atoms with Crippen LogP contribution in [0.15, 0.2) is 57.8 Å². The number of nitrogens with zero attached hydrogens (tertiary/aromatic N) is 6. The maximum absolute atomic E-state index is 15.4. The van der Waals surface area contributed by atoms with Crippen molar-refractivity contribution < 1.29 is 48.3 Å². The lowest BCUT2D eigenvalue weighted by molar-refractivity contribution is -0.123. The Labute approximate surface area is 340 Å². The lowest BCUT2D eigenvalue weighted by atomic mass is 10.0. The summed E-state index contributed by atoms with van der Waals surface area (Å²) in [5, 5.41) is 9.77. The van der Waals surface area contributed by atoms with Crippen LogP contribution in [-0.2, 0) is 40.3 Å². The highest BCUT2D eigenvalue weighted by Gasteiger charge is 2.67. The average molecular weight is 934 g/mol. The number of nitrogens with one attached hydrogen (secondary N) is 2. The second kappa shape index (κ2) is 14.6. The van der Waals surface area contributed by atoms with Gasteiger partial charge in [-0.3, -0.25) is 28.2 Å². The smallest absolute Gasteiger partial charge is 0.293 e. The molecule has 0 saturated heterocycles. The van der Waals surface area contributed by atoms with E-state index in [1.165, 1.54) is 30.3 Å². The monoisotopic (exact) mass is 932 g/mol. The number of hydrogen-bond donors (Lipinski definition) is 2. The summed E-state index contributed by atoms with van der Waals surface area (Å²) in [5.41, 5.74) is -3.65. The van der Waals surface area contributed by atoms with Crippen molar-refractivity contribution in [2.75, 3.05) is 11.0 Å². The summed E-state index contributed by atoms with van der Waals surface area (Å²) in [7, 11) is -4.10. The van der Waals surface area contributed by atoms with E-state index in [9.17, 15) is 44.3 Å². The molecule has 8 rings (SSSR count). The quantitative estimate of drug-likeness (QED) is 0.121. The van der Waals surface area contributed by atoms with Gasteiger partial charge in [-0.25, -0.2) is 39.7 Å². The van der Waals surface area contributed by atoms with Gasteiger partial charge in [0.2, 0.25) is 15.9 Å². The van der Waals surface area contributed by atoms with E-state index in [1.807, 2.05) is 0 Å². The first-order chi connectivity index (χ1) is 27.7. The van der Waals surface area contributed by atoms with E-state index < -0.39 is 112 Å². The summed E-state index contributed by atoms with van der Waals surface area (Å²) < 4.78 is 146. The van der Waals surface area contributed by atoms with Crippen molar-refractivity contribution in [3.05, 3.63) is 108 Å². The number of carbonyl (C=O) groups excluding carboxylic acids is 1. The normalized spacial score (nSPS) is 17.5. The Bertz CT molecular complexity index is 2890. The Morgan fingerprint density at radius 2 is 1.75 bits per heavy atom. The number of fused-ring (bicyclic) bond motifs is 5. The summed E-state index contributed by atoms with van der Waals surface area (Å²) in [6, 6.07) is 7.46. The van der Waals surface area contributed by atoms with Crippen LogP contribution in [0.25, 0.3) is 27.5 Å². The summed E-state index contributed by atoms with van der Waals surface area (Å²) in [4.78, 5) is 33.3. The highest BCUT2D eigenvalue weighted by Crippen LogP contribution is 2.68. The van der Waals surface area contributed by atoms with Crippen LogP contribution in [0, 0.1) is 17.6 Å². The molecular formula is C36H26BrClF8N8O4S. The zero-order valence-corrected chi connectivity index (χ0v) is 33.0. The predicted molar refractivity (Wildman–Crippen MR) is 201 cm³/mol. The van der Waals surface area contributed by atoms with Crippen molar-refractivity contribution >= 4 is 71.1 Å². The summed E-state index contributed by atoms with van der Waals surface area (Å²) in [6.07, 6.45) is -6.14. The molecule has 1 unspecified atom stereocenters. The van der Waals surface area contributed by atoms with Gasteiger partial charge in [0.1, 0.15) is 41.9 Å². The maximum atomic E-state index is 15.4. The molecule has 1 saturated carbocycles. The van der Waals surface area contributed by atoms with Gasteiger partial charge in [-0.05, 0) is 60.4 Å². The van der Waals surface area contributed by atoms with Gasteiger partial charge >= 0.3 is 0 Å². The molecule has 0 bridgehead atoms. The number of halogens is 10. The Hall–Kier alpha value is -5.09. The molecule has 0 radical (unpaired) electrons. The molecule has 1 fully saturated rings. The highest BCUT2D eigenvalue weighted by atomic mass is 79.9. The molecule has 310 valence electrons. The van der Waals surface area contributed by atoms with Crippen molar-refractivity contribution in [1.29, 1.82) is 0 Å². The van der Waals surface area contributed by atoms with Crippen molar-refractivity contribution in [2.45, 2.75) is 56.7 Å². The zero-order valence-electron chi connectivity index (χ0n) is 29.8. The minimum absolute atomic E-state index is 0.00337. The van der Waals surface area contributed by atoms with E-state index in [1.54, 1.807) is 0 Å². The van der Waals surface area contributed by atoms with Crippen LogP contribution in [-0.4, -0.2) is 56.1 Å². The number of alkyl halides is 6. The third kappa shape index (κ3) is 7.42. The van der Waals surface area contributed by atoms with E-state index in [0.717, 1.165) is 23.0 Å². The van der Waals surface area contributed by atoms with Crippen molar-refractivity contribution in [3.63, 3.8) is 0 Å². The fourth-order valence-electron chi connectivity index (χ4n) is 7.72. The van der Waals surface area contributed by atoms with Crippen molar-refractivity contribution in [2.24, 2.45) is 5.92 Å². The molecule has 0 spiro atoms. The molecule has 0 aliphatic heterocycles. The van der Waals surface area contributed by atoms with Gasteiger partial charge in [-0.2, -0.15) is 19.0 Å². The van der Waals surface area contributed by atoms with Crippen LogP contribution < -0.4 is 15.6 Å². The number of aromatic nitrogens is 6. The third-order valence-corrected chi connectivity index (χ3v) is 11.4. The van der Waals surface area contributed by atoms with Gasteiger partial charge in [0.05, 0.1) is 44.8 Å². The van der Waals surface area contributed by atoms with Crippen LogP contribution in [0.2, 0.25) is 5.02 Å². The van der Waals surface area contributed by atoms with Crippen LogP contribution in [0.3, 0.4) is 0 Å². The first kappa shape index (κ1) is 40.7. The maximum Gasteiger partial charge on any atom is 0.293 e. The molecule has 2 aliphatic rings. The molecule has 3 aromatic heterocycles. The Balaban J connectivity index is 1.34. The van der Waals surface area contributed by atoms with Crippen molar-refractivity contribution in [3.8, 4) is 5.69 Å². The molecule has 2 N–H and O–H groups in total. The Morgan fingerprint density at radius 1 is 1.03 bits per heavy atom. The number of sulfonamides is 1. The van der Waals surface area contributed by atoms with Gasteiger partial charge in [-0.15, -0.1) is 0 Å². The van der Waals surface area contributed by atoms with Gasteiger partial charge in [0, 0.05) is 28.4 Å². The van der Waals surface area contributed by atoms with E-state index in [0.29, 0.717) is 19.9 Å². The second-order valence-electron chi connectivity index (χ2n) is 14.1. The SMILES string of the molecule is CS(=O)(=O)Nc1nn(CC(F)F)c2c(-n3c([C@H](Cc4cc(F)cc(F)c4)NC(=O)Cn4nc(C(F)F)c5c4C(F)(F)C4C[C@H]54)nc4cc(Br)ccc4c3=O)ccc(Cl)c12. The summed E-state index contributed by atoms with van der Waals surface area (Å²) in [5.74, 6) is -9.78. The van der Waals surface area contributed by atoms with Crippen LogP contribution in [0.5, 0.6) is 0 Å².